The molecule has 100 valence electrons. The summed E-state index contributed by atoms with van der Waals surface area (Å²) in [6, 6.07) is 1.72. The monoisotopic (exact) mass is 250 g/mol. The number of hydrogen-bond acceptors (Lipinski definition) is 4. The van der Waals surface area contributed by atoms with Crippen LogP contribution in [-0.2, 0) is 6.54 Å². The molecular weight excluding hydrogens is 228 g/mol. The van der Waals surface area contributed by atoms with Crippen molar-refractivity contribution in [3.05, 3.63) is 22.6 Å². The lowest BCUT2D eigenvalue weighted by molar-refractivity contribution is 0.531. The number of aryl methyl sites for hydroxylation is 1. The molecule has 2 rings (SSSR count). The van der Waals surface area contributed by atoms with E-state index in [2.05, 4.69) is 15.3 Å². The van der Waals surface area contributed by atoms with E-state index in [0.717, 1.165) is 31.7 Å². The van der Waals surface area contributed by atoms with E-state index >= 15 is 0 Å². The molecule has 5 heteroatoms. The molecule has 0 bridgehead atoms. The van der Waals surface area contributed by atoms with Crippen LogP contribution < -0.4 is 15.8 Å². The molecule has 0 saturated carbocycles. The standard InChI is InChI=1S/C13H22N4O/c1-14-6-5-9-17-13(18)10-12(11-15-17)16-7-3-2-4-8-16/h10-11,14H,2-9H2,1H3. The molecule has 0 radical (unpaired) electrons. The molecule has 1 aliphatic rings. The summed E-state index contributed by atoms with van der Waals surface area (Å²) in [6.07, 6.45) is 6.47. The van der Waals surface area contributed by atoms with Crippen LogP contribution in [-0.4, -0.2) is 36.5 Å². The van der Waals surface area contributed by atoms with Crippen molar-refractivity contribution in [1.82, 2.24) is 15.1 Å². The maximum absolute atomic E-state index is 11.9. The van der Waals surface area contributed by atoms with E-state index in [-0.39, 0.29) is 5.56 Å². The molecule has 0 aliphatic carbocycles. The van der Waals surface area contributed by atoms with Crippen LogP contribution in [0.4, 0.5) is 5.69 Å². The molecule has 5 nitrogen and oxygen atoms in total. The Morgan fingerprint density at radius 1 is 1.33 bits per heavy atom. The Morgan fingerprint density at radius 2 is 2.11 bits per heavy atom. The van der Waals surface area contributed by atoms with Crippen LogP contribution in [0.1, 0.15) is 25.7 Å². The van der Waals surface area contributed by atoms with Gasteiger partial charge in [-0.1, -0.05) is 0 Å². The average Bonchev–Trinajstić information content (AvgIpc) is 2.42. The lowest BCUT2D eigenvalue weighted by atomic mass is 10.1. The molecule has 0 spiro atoms. The van der Waals surface area contributed by atoms with Gasteiger partial charge in [0.05, 0.1) is 11.9 Å². The number of aromatic nitrogens is 2. The molecule has 1 saturated heterocycles. The van der Waals surface area contributed by atoms with Crippen LogP contribution in [0, 0.1) is 0 Å². The van der Waals surface area contributed by atoms with Gasteiger partial charge in [-0.2, -0.15) is 5.10 Å². The zero-order chi connectivity index (χ0) is 12.8. The second-order valence-electron chi connectivity index (χ2n) is 4.78. The van der Waals surface area contributed by atoms with Crippen LogP contribution in [0.3, 0.4) is 0 Å². The summed E-state index contributed by atoms with van der Waals surface area (Å²) in [6.45, 7) is 3.68. The minimum atomic E-state index is 0.00850. The lowest BCUT2D eigenvalue weighted by Crippen LogP contribution is -2.32. The SMILES string of the molecule is CNCCCn1ncc(N2CCCCC2)cc1=O. The highest BCUT2D eigenvalue weighted by molar-refractivity contribution is 5.43. The van der Waals surface area contributed by atoms with E-state index in [1.165, 1.54) is 19.3 Å². The number of nitrogens with zero attached hydrogens (tertiary/aromatic N) is 3. The zero-order valence-electron chi connectivity index (χ0n) is 11.1. The molecule has 0 atom stereocenters. The van der Waals surface area contributed by atoms with Crippen molar-refractivity contribution in [3.63, 3.8) is 0 Å². The number of hydrogen-bond donors (Lipinski definition) is 1. The molecule has 0 aromatic carbocycles. The topological polar surface area (TPSA) is 50.2 Å². The molecule has 0 amide bonds. The van der Waals surface area contributed by atoms with Crippen molar-refractivity contribution >= 4 is 5.69 Å². The molecular formula is C13H22N4O. The van der Waals surface area contributed by atoms with Gasteiger partial charge in [-0.3, -0.25) is 4.79 Å². The Labute approximate surface area is 108 Å². The van der Waals surface area contributed by atoms with Crippen molar-refractivity contribution in [2.75, 3.05) is 31.6 Å². The fraction of sp³-hybridized carbons (Fsp3) is 0.692. The van der Waals surface area contributed by atoms with Gasteiger partial charge in [0, 0.05) is 25.7 Å². The highest BCUT2D eigenvalue weighted by atomic mass is 16.1. The maximum Gasteiger partial charge on any atom is 0.268 e. The summed E-state index contributed by atoms with van der Waals surface area (Å²) in [7, 11) is 1.91. The largest absolute Gasteiger partial charge is 0.370 e. The van der Waals surface area contributed by atoms with Crippen LogP contribution in [0.2, 0.25) is 0 Å². The van der Waals surface area contributed by atoms with Crippen LogP contribution >= 0.6 is 0 Å². The van der Waals surface area contributed by atoms with Gasteiger partial charge in [0.2, 0.25) is 0 Å². The van der Waals surface area contributed by atoms with Crippen LogP contribution in [0.15, 0.2) is 17.1 Å². The van der Waals surface area contributed by atoms with Crippen LogP contribution in [0.25, 0.3) is 0 Å². The quantitative estimate of drug-likeness (QED) is 0.787. The molecule has 1 aromatic heterocycles. The molecule has 1 fully saturated rings. The van der Waals surface area contributed by atoms with Gasteiger partial charge in [0.1, 0.15) is 0 Å². The number of rotatable bonds is 5. The van der Waals surface area contributed by atoms with Gasteiger partial charge < -0.3 is 10.2 Å². The predicted octanol–water partition coefficient (Wildman–Crippen LogP) is 0.843. The predicted molar refractivity (Wildman–Crippen MR) is 73.1 cm³/mol. The van der Waals surface area contributed by atoms with Crippen LogP contribution in [0.5, 0.6) is 0 Å². The molecule has 0 unspecified atom stereocenters. The van der Waals surface area contributed by atoms with E-state index < -0.39 is 0 Å². The first-order valence-electron chi connectivity index (χ1n) is 6.78. The third kappa shape index (κ3) is 3.32. The first-order chi connectivity index (χ1) is 8.81. The minimum Gasteiger partial charge on any atom is -0.370 e. The maximum atomic E-state index is 11.9. The molecule has 2 heterocycles. The van der Waals surface area contributed by atoms with Gasteiger partial charge in [-0.05, 0) is 39.3 Å². The Morgan fingerprint density at radius 3 is 2.78 bits per heavy atom. The smallest absolute Gasteiger partial charge is 0.268 e. The number of anilines is 1. The summed E-state index contributed by atoms with van der Waals surface area (Å²) in [5.74, 6) is 0. The Balaban J connectivity index is 2.02. The summed E-state index contributed by atoms with van der Waals surface area (Å²) in [5.41, 5.74) is 0.985. The summed E-state index contributed by atoms with van der Waals surface area (Å²) in [4.78, 5) is 14.2. The highest BCUT2D eigenvalue weighted by Gasteiger charge is 2.12. The van der Waals surface area contributed by atoms with E-state index in [1.54, 1.807) is 10.7 Å². The normalized spacial score (nSPS) is 15.9. The van der Waals surface area contributed by atoms with Gasteiger partial charge in [-0.25, -0.2) is 4.68 Å². The second kappa shape index (κ2) is 6.54. The Hall–Kier alpha value is -1.36. The molecule has 1 aliphatic heterocycles. The molecule has 1 N–H and O–H groups in total. The first kappa shape index (κ1) is 13.1. The van der Waals surface area contributed by atoms with E-state index in [4.69, 9.17) is 0 Å². The number of piperidine rings is 1. The lowest BCUT2D eigenvalue weighted by Gasteiger charge is -2.28. The average molecular weight is 250 g/mol. The van der Waals surface area contributed by atoms with Crippen molar-refractivity contribution in [1.29, 1.82) is 0 Å². The van der Waals surface area contributed by atoms with Crippen molar-refractivity contribution in [2.24, 2.45) is 0 Å². The second-order valence-corrected chi connectivity index (χ2v) is 4.78. The first-order valence-corrected chi connectivity index (χ1v) is 6.78. The summed E-state index contributed by atoms with van der Waals surface area (Å²) < 4.78 is 1.55. The van der Waals surface area contributed by atoms with Gasteiger partial charge in [0.25, 0.3) is 5.56 Å². The van der Waals surface area contributed by atoms with Crippen molar-refractivity contribution < 1.29 is 0 Å². The Bertz CT molecular complexity index is 423. The van der Waals surface area contributed by atoms with Gasteiger partial charge in [-0.15, -0.1) is 0 Å². The fourth-order valence-electron chi connectivity index (χ4n) is 2.32. The van der Waals surface area contributed by atoms with E-state index in [0.29, 0.717) is 6.54 Å². The zero-order valence-corrected chi connectivity index (χ0v) is 11.1. The minimum absolute atomic E-state index is 0.00850. The fourth-order valence-corrected chi connectivity index (χ4v) is 2.32. The third-order valence-corrected chi connectivity index (χ3v) is 3.37. The van der Waals surface area contributed by atoms with E-state index in [1.807, 2.05) is 13.2 Å². The van der Waals surface area contributed by atoms with Crippen molar-refractivity contribution in [3.8, 4) is 0 Å². The molecule has 18 heavy (non-hydrogen) atoms. The van der Waals surface area contributed by atoms with Gasteiger partial charge in [0.15, 0.2) is 0 Å². The Kier molecular flexibility index (Phi) is 4.75. The number of nitrogens with one attached hydrogen (secondary N) is 1. The highest BCUT2D eigenvalue weighted by Crippen LogP contribution is 2.16. The third-order valence-electron chi connectivity index (χ3n) is 3.37. The van der Waals surface area contributed by atoms with Gasteiger partial charge >= 0.3 is 0 Å². The summed E-state index contributed by atoms with van der Waals surface area (Å²) in [5, 5.41) is 7.33. The molecule has 1 aromatic rings. The van der Waals surface area contributed by atoms with E-state index in [9.17, 15) is 4.79 Å². The summed E-state index contributed by atoms with van der Waals surface area (Å²) >= 11 is 0. The van der Waals surface area contributed by atoms with Crippen molar-refractivity contribution in [2.45, 2.75) is 32.2 Å².